The van der Waals surface area contributed by atoms with Gasteiger partial charge in [-0.05, 0) is 24.1 Å². The summed E-state index contributed by atoms with van der Waals surface area (Å²) in [6, 6.07) is 4.59. The van der Waals surface area contributed by atoms with Gasteiger partial charge in [0.05, 0.1) is 10.6 Å². The van der Waals surface area contributed by atoms with Gasteiger partial charge < -0.3 is 5.32 Å². The summed E-state index contributed by atoms with van der Waals surface area (Å²) in [7, 11) is 0. The van der Waals surface area contributed by atoms with Crippen LogP contribution in [0.4, 0.5) is 19.0 Å². The van der Waals surface area contributed by atoms with Crippen LogP contribution in [0.3, 0.4) is 0 Å². The Morgan fingerprint density at radius 3 is 2.65 bits per heavy atom. The molecule has 0 unspecified atom stereocenters. The fourth-order valence-corrected chi connectivity index (χ4v) is 1.83. The molecule has 7 heteroatoms. The maximum atomic E-state index is 12.4. The van der Waals surface area contributed by atoms with Gasteiger partial charge in [-0.1, -0.05) is 17.7 Å². The number of anilines is 1. The van der Waals surface area contributed by atoms with E-state index in [2.05, 4.69) is 15.3 Å². The van der Waals surface area contributed by atoms with Crippen molar-refractivity contribution >= 4 is 17.4 Å². The average molecular weight is 302 g/mol. The first-order chi connectivity index (χ1) is 9.47. The number of nitrogens with one attached hydrogen (secondary N) is 1. The molecule has 0 aliphatic carbocycles. The van der Waals surface area contributed by atoms with Crippen LogP contribution in [0.2, 0.25) is 5.02 Å². The van der Waals surface area contributed by atoms with E-state index in [4.69, 9.17) is 11.6 Å². The zero-order valence-electron chi connectivity index (χ0n) is 10.3. The highest BCUT2D eigenvalue weighted by molar-refractivity contribution is 6.32. The highest BCUT2D eigenvalue weighted by atomic mass is 35.5. The molecule has 2 heterocycles. The van der Waals surface area contributed by atoms with Gasteiger partial charge in [0.2, 0.25) is 0 Å². The van der Waals surface area contributed by atoms with Crippen LogP contribution in [-0.4, -0.2) is 16.5 Å². The number of hydrogen-bond donors (Lipinski definition) is 1. The fourth-order valence-electron chi connectivity index (χ4n) is 1.59. The van der Waals surface area contributed by atoms with Crippen molar-refractivity contribution in [2.75, 3.05) is 11.9 Å². The van der Waals surface area contributed by atoms with Crippen LogP contribution < -0.4 is 5.32 Å². The molecule has 1 N–H and O–H groups in total. The molecule has 3 nitrogen and oxygen atoms in total. The number of halogens is 4. The molecule has 0 atom stereocenters. The highest BCUT2D eigenvalue weighted by Gasteiger charge is 2.31. The number of hydrogen-bond acceptors (Lipinski definition) is 3. The molecule has 2 aromatic rings. The lowest BCUT2D eigenvalue weighted by Crippen LogP contribution is -2.10. The first kappa shape index (κ1) is 14.6. The molecule has 0 amide bonds. The van der Waals surface area contributed by atoms with Crippen LogP contribution in [0.25, 0.3) is 0 Å². The number of alkyl halides is 3. The summed E-state index contributed by atoms with van der Waals surface area (Å²) in [6.07, 6.45) is 0.394. The molecule has 0 aliphatic rings. The molecule has 106 valence electrons. The molecule has 20 heavy (non-hydrogen) atoms. The molecule has 0 saturated heterocycles. The van der Waals surface area contributed by atoms with E-state index in [0.29, 0.717) is 13.0 Å². The van der Waals surface area contributed by atoms with Crippen LogP contribution in [0.1, 0.15) is 11.1 Å². The lowest BCUT2D eigenvalue weighted by atomic mass is 10.2. The molecule has 0 fully saturated rings. The van der Waals surface area contributed by atoms with E-state index in [1.54, 1.807) is 12.4 Å². The number of aromatic nitrogens is 2. The second kappa shape index (κ2) is 6.09. The molecule has 0 aromatic carbocycles. The number of rotatable bonds is 4. The van der Waals surface area contributed by atoms with Gasteiger partial charge in [-0.15, -0.1) is 0 Å². The summed E-state index contributed by atoms with van der Waals surface area (Å²) in [6.45, 7) is 0.504. The monoisotopic (exact) mass is 301 g/mol. The van der Waals surface area contributed by atoms with Crippen molar-refractivity contribution in [2.45, 2.75) is 12.6 Å². The van der Waals surface area contributed by atoms with Crippen molar-refractivity contribution in [3.63, 3.8) is 0 Å². The van der Waals surface area contributed by atoms with Crippen LogP contribution in [0, 0.1) is 0 Å². The van der Waals surface area contributed by atoms with Crippen molar-refractivity contribution in [3.8, 4) is 0 Å². The third-order valence-corrected chi connectivity index (χ3v) is 2.89. The van der Waals surface area contributed by atoms with Gasteiger partial charge in [-0.3, -0.25) is 4.98 Å². The van der Waals surface area contributed by atoms with Crippen LogP contribution in [0.15, 0.2) is 36.8 Å². The van der Waals surface area contributed by atoms with E-state index in [9.17, 15) is 13.2 Å². The molecule has 0 radical (unpaired) electrons. The van der Waals surface area contributed by atoms with E-state index in [1.165, 1.54) is 0 Å². The molecule has 2 aromatic heterocycles. The van der Waals surface area contributed by atoms with Crippen molar-refractivity contribution in [1.29, 1.82) is 0 Å². The van der Waals surface area contributed by atoms with Gasteiger partial charge in [-0.25, -0.2) is 4.98 Å². The quantitative estimate of drug-likeness (QED) is 0.933. The van der Waals surface area contributed by atoms with Crippen LogP contribution in [-0.2, 0) is 12.6 Å². The zero-order valence-corrected chi connectivity index (χ0v) is 11.0. The Morgan fingerprint density at radius 1 is 1.25 bits per heavy atom. The number of pyridine rings is 2. The Balaban J connectivity index is 1.97. The maximum Gasteiger partial charge on any atom is 0.417 e. The predicted molar refractivity (Wildman–Crippen MR) is 70.7 cm³/mol. The Morgan fingerprint density at radius 2 is 2.05 bits per heavy atom. The summed E-state index contributed by atoms with van der Waals surface area (Å²) in [5.41, 5.74) is 0.156. The Hall–Kier alpha value is -1.82. The Labute approximate surface area is 118 Å². The van der Waals surface area contributed by atoms with Gasteiger partial charge in [0.25, 0.3) is 0 Å². The van der Waals surface area contributed by atoms with Gasteiger partial charge in [0, 0.05) is 25.1 Å². The summed E-state index contributed by atoms with van der Waals surface area (Å²) in [5.74, 6) is 0.239. The minimum absolute atomic E-state index is 0.0500. The molecular formula is C13H11ClF3N3. The van der Waals surface area contributed by atoms with Gasteiger partial charge in [-0.2, -0.15) is 13.2 Å². The van der Waals surface area contributed by atoms with Crippen LogP contribution >= 0.6 is 11.6 Å². The zero-order chi connectivity index (χ0) is 14.6. The maximum absolute atomic E-state index is 12.4. The molecule has 0 bridgehead atoms. The van der Waals surface area contributed by atoms with Gasteiger partial charge >= 0.3 is 6.18 Å². The molecule has 0 spiro atoms. The second-order valence-electron chi connectivity index (χ2n) is 4.09. The van der Waals surface area contributed by atoms with E-state index in [-0.39, 0.29) is 10.8 Å². The minimum Gasteiger partial charge on any atom is -0.369 e. The standard InChI is InChI=1S/C13H11ClF3N3/c14-11-6-10(13(15,16)17)8-20-12(11)19-5-3-9-2-1-4-18-7-9/h1-2,4,6-8H,3,5H2,(H,19,20). The van der Waals surface area contributed by atoms with E-state index in [0.717, 1.165) is 17.8 Å². The van der Waals surface area contributed by atoms with E-state index >= 15 is 0 Å². The summed E-state index contributed by atoms with van der Waals surface area (Å²) < 4.78 is 37.3. The normalized spacial score (nSPS) is 11.4. The van der Waals surface area contributed by atoms with Gasteiger partial charge in [0.15, 0.2) is 0 Å². The lowest BCUT2D eigenvalue weighted by molar-refractivity contribution is -0.137. The minimum atomic E-state index is -4.44. The van der Waals surface area contributed by atoms with Crippen molar-refractivity contribution in [3.05, 3.63) is 52.9 Å². The van der Waals surface area contributed by atoms with Crippen molar-refractivity contribution < 1.29 is 13.2 Å². The predicted octanol–water partition coefficient (Wildman–Crippen LogP) is 3.80. The SMILES string of the molecule is FC(F)(F)c1cnc(NCCc2cccnc2)c(Cl)c1. The van der Waals surface area contributed by atoms with Crippen LogP contribution in [0.5, 0.6) is 0 Å². The first-order valence-electron chi connectivity index (χ1n) is 5.82. The Kier molecular flexibility index (Phi) is 4.44. The van der Waals surface area contributed by atoms with Crippen molar-refractivity contribution in [1.82, 2.24) is 9.97 Å². The van der Waals surface area contributed by atoms with Crippen molar-refractivity contribution in [2.24, 2.45) is 0 Å². The van der Waals surface area contributed by atoms with Gasteiger partial charge in [0.1, 0.15) is 5.82 Å². The smallest absolute Gasteiger partial charge is 0.369 e. The second-order valence-corrected chi connectivity index (χ2v) is 4.50. The average Bonchev–Trinajstić information content (AvgIpc) is 2.40. The highest BCUT2D eigenvalue weighted by Crippen LogP contribution is 2.32. The summed E-state index contributed by atoms with van der Waals surface area (Å²) >= 11 is 5.78. The topological polar surface area (TPSA) is 37.8 Å². The molecule has 2 rings (SSSR count). The summed E-state index contributed by atoms with van der Waals surface area (Å²) in [5, 5.41) is 2.85. The Bertz CT molecular complexity index is 573. The number of nitrogens with zero attached hydrogens (tertiary/aromatic N) is 2. The molecule has 0 saturated carbocycles. The largest absolute Gasteiger partial charge is 0.417 e. The third-order valence-electron chi connectivity index (χ3n) is 2.60. The molecule has 0 aliphatic heterocycles. The fraction of sp³-hybridized carbons (Fsp3) is 0.231. The first-order valence-corrected chi connectivity index (χ1v) is 6.20. The lowest BCUT2D eigenvalue weighted by Gasteiger charge is -2.10. The molecular weight excluding hydrogens is 291 g/mol. The summed E-state index contributed by atoms with van der Waals surface area (Å²) in [4.78, 5) is 7.67. The van der Waals surface area contributed by atoms with E-state index in [1.807, 2.05) is 12.1 Å². The van der Waals surface area contributed by atoms with E-state index < -0.39 is 11.7 Å². The third kappa shape index (κ3) is 3.84.